The van der Waals surface area contributed by atoms with Gasteiger partial charge in [-0.15, -0.1) is 22.7 Å². The molecule has 3 aromatic rings. The zero-order chi connectivity index (χ0) is 13.4. The van der Waals surface area contributed by atoms with Gasteiger partial charge in [-0.2, -0.15) is 0 Å². The van der Waals surface area contributed by atoms with E-state index in [4.69, 9.17) is 0 Å². The van der Waals surface area contributed by atoms with Gasteiger partial charge >= 0.3 is 0 Å². The van der Waals surface area contributed by atoms with Gasteiger partial charge < -0.3 is 0 Å². The van der Waals surface area contributed by atoms with Crippen LogP contribution in [0.15, 0.2) is 40.2 Å². The SMILES string of the molecule is O=C(Cc1ccc(Br)cc1F)c1cc2sccc2s1. The highest BCUT2D eigenvalue weighted by atomic mass is 79.9. The number of hydrogen-bond acceptors (Lipinski definition) is 3. The third kappa shape index (κ3) is 2.63. The van der Waals surface area contributed by atoms with Crippen LogP contribution in [0.5, 0.6) is 0 Å². The molecule has 5 heteroatoms. The van der Waals surface area contributed by atoms with E-state index in [0.29, 0.717) is 14.9 Å². The minimum atomic E-state index is -0.346. The lowest BCUT2D eigenvalue weighted by Crippen LogP contribution is -2.03. The fourth-order valence-electron chi connectivity index (χ4n) is 1.83. The van der Waals surface area contributed by atoms with Gasteiger partial charge in [-0.3, -0.25) is 4.79 Å². The van der Waals surface area contributed by atoms with Crippen molar-refractivity contribution >= 4 is 53.8 Å². The van der Waals surface area contributed by atoms with Crippen LogP contribution in [0.3, 0.4) is 0 Å². The second-order valence-corrected chi connectivity index (χ2v) is 7.04. The molecule has 1 nitrogen and oxygen atoms in total. The van der Waals surface area contributed by atoms with Crippen LogP contribution < -0.4 is 0 Å². The molecule has 0 radical (unpaired) electrons. The zero-order valence-corrected chi connectivity index (χ0v) is 12.9. The molecule has 1 aromatic carbocycles. The number of Topliss-reactive ketones (excluding diaryl/α,β-unsaturated/α-hetero) is 1. The second-order valence-electron chi connectivity index (χ2n) is 4.10. The van der Waals surface area contributed by atoms with Gasteiger partial charge in [0.25, 0.3) is 0 Å². The quantitative estimate of drug-likeness (QED) is 0.584. The van der Waals surface area contributed by atoms with E-state index in [0.717, 1.165) is 9.40 Å². The Labute approximate surface area is 125 Å². The smallest absolute Gasteiger partial charge is 0.177 e. The van der Waals surface area contributed by atoms with E-state index in [2.05, 4.69) is 15.9 Å². The maximum atomic E-state index is 13.7. The number of rotatable bonds is 3. The molecular formula is C14H8BrFOS2. The average Bonchev–Trinajstić information content (AvgIpc) is 2.93. The molecule has 0 N–H and O–H groups in total. The lowest BCUT2D eigenvalue weighted by molar-refractivity contribution is 0.0996. The fourth-order valence-corrected chi connectivity index (χ4v) is 4.21. The molecular weight excluding hydrogens is 347 g/mol. The normalized spacial score (nSPS) is 11.1. The van der Waals surface area contributed by atoms with Gasteiger partial charge in [0.2, 0.25) is 0 Å². The first-order valence-electron chi connectivity index (χ1n) is 5.57. The predicted octanol–water partition coefficient (Wildman–Crippen LogP) is 5.29. The molecule has 2 heterocycles. The molecule has 0 saturated heterocycles. The molecule has 0 aliphatic carbocycles. The van der Waals surface area contributed by atoms with E-state index >= 15 is 0 Å². The van der Waals surface area contributed by atoms with E-state index in [1.807, 2.05) is 17.5 Å². The summed E-state index contributed by atoms with van der Waals surface area (Å²) in [5.41, 5.74) is 0.435. The predicted molar refractivity (Wildman–Crippen MR) is 81.8 cm³/mol. The molecule has 0 bridgehead atoms. The van der Waals surface area contributed by atoms with Crippen molar-refractivity contribution in [3.63, 3.8) is 0 Å². The van der Waals surface area contributed by atoms with Crippen LogP contribution in [0, 0.1) is 5.82 Å². The van der Waals surface area contributed by atoms with E-state index < -0.39 is 0 Å². The zero-order valence-electron chi connectivity index (χ0n) is 9.65. The van der Waals surface area contributed by atoms with Crippen LogP contribution >= 0.6 is 38.6 Å². The third-order valence-electron chi connectivity index (χ3n) is 2.78. The molecule has 3 rings (SSSR count). The van der Waals surface area contributed by atoms with Crippen LogP contribution in [0.25, 0.3) is 9.40 Å². The lowest BCUT2D eigenvalue weighted by atomic mass is 10.1. The molecule has 0 amide bonds. The fraction of sp³-hybridized carbons (Fsp3) is 0.0714. The van der Waals surface area contributed by atoms with Crippen molar-refractivity contribution in [3.05, 3.63) is 56.4 Å². The molecule has 0 aliphatic heterocycles. The summed E-state index contributed by atoms with van der Waals surface area (Å²) in [5.74, 6) is -0.379. The highest BCUT2D eigenvalue weighted by Crippen LogP contribution is 2.30. The second kappa shape index (κ2) is 5.15. The molecule has 2 aromatic heterocycles. The lowest BCUT2D eigenvalue weighted by Gasteiger charge is -2.01. The molecule has 0 unspecified atom stereocenters. The van der Waals surface area contributed by atoms with E-state index in [1.165, 1.54) is 17.4 Å². The number of fused-ring (bicyclic) bond motifs is 1. The summed E-state index contributed by atoms with van der Waals surface area (Å²) in [7, 11) is 0. The maximum Gasteiger partial charge on any atom is 0.177 e. The molecule has 0 fully saturated rings. The number of carbonyl (C=O) groups excluding carboxylic acids is 1. The number of carbonyl (C=O) groups is 1. The largest absolute Gasteiger partial charge is 0.293 e. The number of benzene rings is 1. The number of halogens is 2. The number of ketones is 1. The van der Waals surface area contributed by atoms with Crippen molar-refractivity contribution in [2.24, 2.45) is 0 Å². The van der Waals surface area contributed by atoms with Gasteiger partial charge in [-0.1, -0.05) is 22.0 Å². The van der Waals surface area contributed by atoms with Crippen molar-refractivity contribution in [1.82, 2.24) is 0 Å². The minimum Gasteiger partial charge on any atom is -0.293 e. The van der Waals surface area contributed by atoms with Crippen LogP contribution in [0.1, 0.15) is 15.2 Å². The summed E-state index contributed by atoms with van der Waals surface area (Å²) in [6, 6.07) is 8.67. The summed E-state index contributed by atoms with van der Waals surface area (Å²) < 4.78 is 16.6. The Morgan fingerprint density at radius 3 is 2.79 bits per heavy atom. The van der Waals surface area contributed by atoms with Gasteiger partial charge in [0, 0.05) is 20.3 Å². The van der Waals surface area contributed by atoms with E-state index in [-0.39, 0.29) is 18.0 Å². The Balaban J connectivity index is 1.86. The first-order chi connectivity index (χ1) is 9.13. The van der Waals surface area contributed by atoms with Crippen molar-refractivity contribution in [2.75, 3.05) is 0 Å². The molecule has 0 saturated carbocycles. The Hall–Kier alpha value is -1.04. The molecule has 0 aliphatic rings. The summed E-state index contributed by atoms with van der Waals surface area (Å²) in [6.07, 6.45) is 0.104. The van der Waals surface area contributed by atoms with Crippen molar-refractivity contribution in [1.29, 1.82) is 0 Å². The standard InChI is InChI=1S/C14H8BrFOS2/c15-9-2-1-8(10(16)6-9)5-11(17)13-7-14-12(19-13)3-4-18-14/h1-4,6-7H,5H2. The Morgan fingerprint density at radius 1 is 1.21 bits per heavy atom. The molecule has 96 valence electrons. The number of thiophene rings is 2. The summed E-state index contributed by atoms with van der Waals surface area (Å²) in [6.45, 7) is 0. The average molecular weight is 355 g/mol. The molecule has 19 heavy (non-hydrogen) atoms. The van der Waals surface area contributed by atoms with Crippen LogP contribution in [-0.2, 0) is 6.42 Å². The van der Waals surface area contributed by atoms with E-state index in [9.17, 15) is 9.18 Å². The van der Waals surface area contributed by atoms with Crippen molar-refractivity contribution in [2.45, 2.75) is 6.42 Å². The Kier molecular flexibility index (Phi) is 3.52. The first kappa shape index (κ1) is 13.0. The molecule has 0 atom stereocenters. The van der Waals surface area contributed by atoms with Gasteiger partial charge in [-0.25, -0.2) is 4.39 Å². The summed E-state index contributed by atoms with van der Waals surface area (Å²) in [4.78, 5) is 12.9. The third-order valence-corrected chi connectivity index (χ3v) is 5.41. The van der Waals surface area contributed by atoms with Crippen molar-refractivity contribution in [3.8, 4) is 0 Å². The van der Waals surface area contributed by atoms with Crippen LogP contribution in [0.2, 0.25) is 0 Å². The molecule has 0 spiro atoms. The summed E-state index contributed by atoms with van der Waals surface area (Å²) >= 11 is 6.29. The van der Waals surface area contributed by atoms with E-state index in [1.54, 1.807) is 23.5 Å². The van der Waals surface area contributed by atoms with Crippen LogP contribution in [0.4, 0.5) is 4.39 Å². The van der Waals surface area contributed by atoms with Gasteiger partial charge in [-0.05, 0) is 35.2 Å². The minimum absolute atomic E-state index is 0.0328. The number of hydrogen-bond donors (Lipinski definition) is 0. The van der Waals surface area contributed by atoms with Gasteiger partial charge in [0.05, 0.1) is 4.88 Å². The topological polar surface area (TPSA) is 17.1 Å². The first-order valence-corrected chi connectivity index (χ1v) is 8.06. The Morgan fingerprint density at radius 2 is 2.05 bits per heavy atom. The van der Waals surface area contributed by atoms with Gasteiger partial charge in [0.1, 0.15) is 5.82 Å². The van der Waals surface area contributed by atoms with Crippen LogP contribution in [-0.4, -0.2) is 5.78 Å². The van der Waals surface area contributed by atoms with Gasteiger partial charge in [0.15, 0.2) is 5.78 Å². The highest BCUT2D eigenvalue weighted by Gasteiger charge is 2.14. The summed E-state index contributed by atoms with van der Waals surface area (Å²) in [5, 5.41) is 2.00. The Bertz CT molecular complexity index is 731. The van der Waals surface area contributed by atoms with Crippen molar-refractivity contribution < 1.29 is 9.18 Å². The highest BCUT2D eigenvalue weighted by molar-refractivity contribution is 9.10. The maximum absolute atomic E-state index is 13.7. The monoisotopic (exact) mass is 354 g/mol.